The van der Waals surface area contributed by atoms with Gasteiger partial charge < -0.3 is 11.5 Å². The van der Waals surface area contributed by atoms with Crippen LogP contribution < -0.4 is 11.5 Å². The molecule has 0 aliphatic carbocycles. The van der Waals surface area contributed by atoms with Crippen LogP contribution in [0, 0.1) is 0 Å². The SMILES string of the molecule is Nc1ccc(C(=C(c2ccccc2)c2ccccc2)c2ccc(-c3ccc(N)cc3)cc2)cc1. The van der Waals surface area contributed by atoms with Crippen molar-refractivity contribution in [1.29, 1.82) is 0 Å². The van der Waals surface area contributed by atoms with E-state index in [0.717, 1.165) is 33.6 Å². The quantitative estimate of drug-likeness (QED) is 0.220. The summed E-state index contributed by atoms with van der Waals surface area (Å²) in [5.74, 6) is 0. The Morgan fingerprint density at radius 3 is 1.03 bits per heavy atom. The molecule has 0 bridgehead atoms. The van der Waals surface area contributed by atoms with Crippen LogP contribution in [0.3, 0.4) is 0 Å². The fraction of sp³-hybridized carbons (Fsp3) is 0. The van der Waals surface area contributed by atoms with Crippen LogP contribution in [0.1, 0.15) is 22.3 Å². The molecule has 5 aromatic carbocycles. The van der Waals surface area contributed by atoms with Gasteiger partial charge in [-0.15, -0.1) is 0 Å². The molecule has 0 amide bonds. The van der Waals surface area contributed by atoms with Gasteiger partial charge in [-0.2, -0.15) is 0 Å². The van der Waals surface area contributed by atoms with Crippen molar-refractivity contribution in [3.05, 3.63) is 156 Å². The number of benzene rings is 5. The third kappa shape index (κ3) is 4.48. The van der Waals surface area contributed by atoms with E-state index in [2.05, 4.69) is 109 Å². The van der Waals surface area contributed by atoms with E-state index in [0.29, 0.717) is 0 Å². The molecule has 0 radical (unpaired) electrons. The highest BCUT2D eigenvalue weighted by Crippen LogP contribution is 2.37. The highest BCUT2D eigenvalue weighted by Gasteiger charge is 2.16. The van der Waals surface area contributed by atoms with Crippen molar-refractivity contribution in [1.82, 2.24) is 0 Å². The third-order valence-corrected chi connectivity index (χ3v) is 5.99. The second-order valence-corrected chi connectivity index (χ2v) is 8.30. The molecule has 164 valence electrons. The van der Waals surface area contributed by atoms with E-state index in [4.69, 9.17) is 11.5 Å². The Labute approximate surface area is 200 Å². The second kappa shape index (κ2) is 9.51. The molecular weight excluding hydrogens is 412 g/mol. The Hall–Kier alpha value is -4.56. The van der Waals surface area contributed by atoms with Gasteiger partial charge in [-0.1, -0.05) is 109 Å². The van der Waals surface area contributed by atoms with Crippen molar-refractivity contribution in [2.45, 2.75) is 0 Å². The van der Waals surface area contributed by atoms with Crippen LogP contribution in [0.2, 0.25) is 0 Å². The van der Waals surface area contributed by atoms with Crippen molar-refractivity contribution in [2.24, 2.45) is 0 Å². The number of nitrogen functional groups attached to an aromatic ring is 2. The summed E-state index contributed by atoms with van der Waals surface area (Å²) >= 11 is 0. The van der Waals surface area contributed by atoms with E-state index < -0.39 is 0 Å². The number of rotatable bonds is 5. The van der Waals surface area contributed by atoms with Gasteiger partial charge in [0.25, 0.3) is 0 Å². The molecule has 4 N–H and O–H groups in total. The molecule has 0 aromatic heterocycles. The summed E-state index contributed by atoms with van der Waals surface area (Å²) in [5.41, 5.74) is 22.7. The molecule has 5 rings (SSSR count). The molecule has 0 heterocycles. The lowest BCUT2D eigenvalue weighted by molar-refractivity contribution is 1.50. The minimum absolute atomic E-state index is 0.753. The van der Waals surface area contributed by atoms with E-state index >= 15 is 0 Å². The van der Waals surface area contributed by atoms with Crippen molar-refractivity contribution in [3.8, 4) is 11.1 Å². The molecule has 5 aromatic rings. The number of anilines is 2. The number of hydrogen-bond donors (Lipinski definition) is 2. The third-order valence-electron chi connectivity index (χ3n) is 5.99. The summed E-state index contributed by atoms with van der Waals surface area (Å²) in [4.78, 5) is 0. The fourth-order valence-corrected chi connectivity index (χ4v) is 4.28. The van der Waals surface area contributed by atoms with Gasteiger partial charge in [-0.25, -0.2) is 0 Å². The van der Waals surface area contributed by atoms with Gasteiger partial charge in [0.05, 0.1) is 0 Å². The molecule has 0 saturated heterocycles. The van der Waals surface area contributed by atoms with Gasteiger partial charge >= 0.3 is 0 Å². The lowest BCUT2D eigenvalue weighted by Crippen LogP contribution is -1.98. The van der Waals surface area contributed by atoms with Crippen LogP contribution in [0.25, 0.3) is 22.3 Å². The van der Waals surface area contributed by atoms with Gasteiger partial charge in [-0.05, 0) is 68.8 Å². The average Bonchev–Trinajstić information content (AvgIpc) is 2.90. The van der Waals surface area contributed by atoms with E-state index in [1.807, 2.05) is 24.3 Å². The molecule has 0 aliphatic rings. The van der Waals surface area contributed by atoms with E-state index in [9.17, 15) is 0 Å². The molecule has 0 aliphatic heterocycles. The summed E-state index contributed by atoms with van der Waals surface area (Å²) < 4.78 is 0. The van der Waals surface area contributed by atoms with E-state index in [1.54, 1.807) is 0 Å². The van der Waals surface area contributed by atoms with Gasteiger partial charge in [0.2, 0.25) is 0 Å². The highest BCUT2D eigenvalue weighted by molar-refractivity contribution is 6.04. The van der Waals surface area contributed by atoms with Crippen LogP contribution in [0.5, 0.6) is 0 Å². The molecular formula is C32H26N2. The molecule has 2 heteroatoms. The number of nitrogens with two attached hydrogens (primary N) is 2. The van der Waals surface area contributed by atoms with Crippen LogP contribution in [0.4, 0.5) is 11.4 Å². The summed E-state index contributed by atoms with van der Waals surface area (Å²) in [5, 5.41) is 0. The highest BCUT2D eigenvalue weighted by atomic mass is 14.5. The topological polar surface area (TPSA) is 52.0 Å². The first-order valence-corrected chi connectivity index (χ1v) is 11.4. The zero-order valence-corrected chi connectivity index (χ0v) is 18.9. The Bertz CT molecular complexity index is 1360. The first kappa shape index (κ1) is 21.3. The van der Waals surface area contributed by atoms with Gasteiger partial charge in [0, 0.05) is 11.4 Å². The Morgan fingerprint density at radius 1 is 0.324 bits per heavy atom. The van der Waals surface area contributed by atoms with Gasteiger partial charge in [-0.3, -0.25) is 0 Å². The zero-order valence-electron chi connectivity index (χ0n) is 18.9. The lowest BCUT2D eigenvalue weighted by Gasteiger charge is -2.18. The smallest absolute Gasteiger partial charge is 0.0314 e. The second-order valence-electron chi connectivity index (χ2n) is 8.30. The first-order chi connectivity index (χ1) is 16.7. The molecule has 0 atom stereocenters. The summed E-state index contributed by atoms with van der Waals surface area (Å²) in [6, 6.07) is 46.0. The predicted molar refractivity (Wildman–Crippen MR) is 145 cm³/mol. The van der Waals surface area contributed by atoms with E-state index in [-0.39, 0.29) is 0 Å². The lowest BCUT2D eigenvalue weighted by atomic mass is 9.85. The van der Waals surface area contributed by atoms with Gasteiger partial charge in [0.15, 0.2) is 0 Å². The Kier molecular flexibility index (Phi) is 5.96. The van der Waals surface area contributed by atoms with Crippen LogP contribution in [-0.2, 0) is 0 Å². The Morgan fingerprint density at radius 2 is 0.618 bits per heavy atom. The van der Waals surface area contributed by atoms with Crippen LogP contribution in [-0.4, -0.2) is 0 Å². The molecule has 34 heavy (non-hydrogen) atoms. The van der Waals surface area contributed by atoms with E-state index in [1.165, 1.54) is 22.3 Å². The fourth-order valence-electron chi connectivity index (χ4n) is 4.28. The monoisotopic (exact) mass is 438 g/mol. The summed E-state index contributed by atoms with van der Waals surface area (Å²) in [7, 11) is 0. The summed E-state index contributed by atoms with van der Waals surface area (Å²) in [6.45, 7) is 0. The largest absolute Gasteiger partial charge is 0.399 e. The minimum Gasteiger partial charge on any atom is -0.399 e. The zero-order chi connectivity index (χ0) is 23.3. The molecule has 0 saturated carbocycles. The molecule has 0 fully saturated rings. The minimum atomic E-state index is 0.753. The molecule has 0 unspecified atom stereocenters. The molecule has 0 spiro atoms. The maximum atomic E-state index is 6.03. The maximum Gasteiger partial charge on any atom is 0.0314 e. The van der Waals surface area contributed by atoms with Crippen molar-refractivity contribution in [2.75, 3.05) is 11.5 Å². The van der Waals surface area contributed by atoms with Crippen molar-refractivity contribution >= 4 is 22.5 Å². The van der Waals surface area contributed by atoms with Crippen LogP contribution in [0.15, 0.2) is 133 Å². The average molecular weight is 439 g/mol. The maximum absolute atomic E-state index is 6.03. The Balaban J connectivity index is 1.74. The normalized spacial score (nSPS) is 10.6. The van der Waals surface area contributed by atoms with Gasteiger partial charge in [0.1, 0.15) is 0 Å². The van der Waals surface area contributed by atoms with Crippen molar-refractivity contribution in [3.63, 3.8) is 0 Å². The number of hydrogen-bond acceptors (Lipinski definition) is 2. The summed E-state index contributed by atoms with van der Waals surface area (Å²) in [6.07, 6.45) is 0. The molecule has 2 nitrogen and oxygen atoms in total. The predicted octanol–water partition coefficient (Wildman–Crippen LogP) is 7.53. The first-order valence-electron chi connectivity index (χ1n) is 11.4. The van der Waals surface area contributed by atoms with Crippen molar-refractivity contribution < 1.29 is 0 Å². The standard InChI is InChI=1S/C32H26N2/c33-29-19-15-24(16-20-29)23-11-13-27(14-12-23)32(28-17-21-30(34)22-18-28)31(25-7-3-1-4-8-25)26-9-5-2-6-10-26/h1-22H,33-34H2. The van der Waals surface area contributed by atoms with Crippen LogP contribution >= 0.6 is 0 Å².